The lowest BCUT2D eigenvalue weighted by atomic mass is 10.1. The molecule has 0 fully saturated rings. The predicted octanol–water partition coefficient (Wildman–Crippen LogP) is 3.27. The number of amides is 1. The van der Waals surface area contributed by atoms with Crippen molar-refractivity contribution in [2.45, 2.75) is 25.9 Å². The lowest BCUT2D eigenvalue weighted by Crippen LogP contribution is -2.25. The smallest absolute Gasteiger partial charge is 0.303 e. The van der Waals surface area contributed by atoms with Crippen LogP contribution in [0.1, 0.15) is 24.0 Å². The molecule has 3 N–H and O–H groups in total. The van der Waals surface area contributed by atoms with Gasteiger partial charge in [-0.3, -0.25) is 9.59 Å². The van der Waals surface area contributed by atoms with Gasteiger partial charge in [-0.05, 0) is 29.7 Å². The van der Waals surface area contributed by atoms with Crippen LogP contribution in [-0.2, 0) is 22.6 Å². The Bertz CT molecular complexity index is 918. The monoisotopic (exact) mass is 366 g/mol. The van der Waals surface area contributed by atoms with Gasteiger partial charge in [-0.25, -0.2) is 0 Å². The molecule has 6 heteroatoms. The van der Waals surface area contributed by atoms with Crippen molar-refractivity contribution in [3.63, 3.8) is 0 Å². The van der Waals surface area contributed by atoms with Gasteiger partial charge in [-0.1, -0.05) is 30.3 Å². The van der Waals surface area contributed by atoms with Crippen LogP contribution in [0.4, 0.5) is 0 Å². The number of fused-ring (bicyclic) bond motifs is 1. The number of hydrogen-bond donors (Lipinski definition) is 3. The van der Waals surface area contributed by atoms with Gasteiger partial charge < -0.3 is 20.1 Å². The van der Waals surface area contributed by atoms with Crippen LogP contribution in [0.15, 0.2) is 54.7 Å². The third-order valence-electron chi connectivity index (χ3n) is 4.27. The Hall–Kier alpha value is -3.28. The zero-order valence-corrected chi connectivity index (χ0v) is 14.9. The number of carbonyl (C=O) groups is 2. The van der Waals surface area contributed by atoms with Gasteiger partial charge in [0, 0.05) is 36.1 Å². The molecule has 140 valence electrons. The summed E-state index contributed by atoms with van der Waals surface area (Å²) < 4.78 is 5.84. The van der Waals surface area contributed by atoms with Gasteiger partial charge in [0.05, 0.1) is 6.42 Å². The lowest BCUT2D eigenvalue weighted by molar-refractivity contribution is -0.138. The Morgan fingerprint density at radius 3 is 2.67 bits per heavy atom. The molecular weight excluding hydrogens is 344 g/mol. The second-order valence-electron chi connectivity index (χ2n) is 6.29. The number of aromatic nitrogens is 1. The van der Waals surface area contributed by atoms with Crippen molar-refractivity contribution in [1.29, 1.82) is 0 Å². The van der Waals surface area contributed by atoms with E-state index in [2.05, 4.69) is 10.3 Å². The van der Waals surface area contributed by atoms with Crippen molar-refractivity contribution in [2.75, 3.05) is 6.54 Å². The zero-order valence-electron chi connectivity index (χ0n) is 14.9. The number of nitrogens with one attached hydrogen (secondary N) is 2. The zero-order chi connectivity index (χ0) is 19.1. The Morgan fingerprint density at radius 2 is 1.89 bits per heavy atom. The highest BCUT2D eigenvalue weighted by molar-refractivity contribution is 5.84. The Balaban J connectivity index is 1.54. The summed E-state index contributed by atoms with van der Waals surface area (Å²) in [5, 5.41) is 12.4. The van der Waals surface area contributed by atoms with Crippen molar-refractivity contribution in [3.05, 3.63) is 65.9 Å². The van der Waals surface area contributed by atoms with E-state index in [4.69, 9.17) is 9.84 Å². The molecule has 2 aromatic carbocycles. The van der Waals surface area contributed by atoms with Crippen LogP contribution in [0.2, 0.25) is 0 Å². The second kappa shape index (κ2) is 8.89. The van der Waals surface area contributed by atoms with Crippen LogP contribution in [-0.4, -0.2) is 28.5 Å². The maximum atomic E-state index is 11.6. The number of aliphatic carboxylic acids is 1. The molecule has 0 bridgehead atoms. The summed E-state index contributed by atoms with van der Waals surface area (Å²) in [4.78, 5) is 25.3. The van der Waals surface area contributed by atoms with E-state index in [0.717, 1.165) is 27.8 Å². The number of hydrogen-bond acceptors (Lipinski definition) is 3. The number of benzene rings is 2. The predicted molar refractivity (Wildman–Crippen MR) is 103 cm³/mol. The highest BCUT2D eigenvalue weighted by Crippen LogP contribution is 2.24. The molecule has 6 nitrogen and oxygen atoms in total. The molecule has 0 aliphatic rings. The first-order chi connectivity index (χ1) is 13.1. The first kappa shape index (κ1) is 18.5. The topological polar surface area (TPSA) is 91.4 Å². The third kappa shape index (κ3) is 5.34. The fourth-order valence-electron chi connectivity index (χ4n) is 2.85. The van der Waals surface area contributed by atoms with Crippen LogP contribution in [0.3, 0.4) is 0 Å². The molecule has 0 saturated heterocycles. The Labute approximate surface area is 157 Å². The van der Waals surface area contributed by atoms with Crippen molar-refractivity contribution in [1.82, 2.24) is 10.3 Å². The van der Waals surface area contributed by atoms with E-state index in [9.17, 15) is 9.59 Å². The fraction of sp³-hybridized carbons (Fsp3) is 0.238. The van der Waals surface area contributed by atoms with E-state index in [1.54, 1.807) is 0 Å². The van der Waals surface area contributed by atoms with Gasteiger partial charge in [0.15, 0.2) is 0 Å². The first-order valence-corrected chi connectivity index (χ1v) is 8.87. The lowest BCUT2D eigenvalue weighted by Gasteiger charge is -2.07. The van der Waals surface area contributed by atoms with Gasteiger partial charge in [-0.2, -0.15) is 0 Å². The molecule has 1 amide bonds. The minimum absolute atomic E-state index is 0.00529. The van der Waals surface area contributed by atoms with E-state index in [-0.39, 0.29) is 18.7 Å². The van der Waals surface area contributed by atoms with E-state index < -0.39 is 5.97 Å². The molecular formula is C21H22N2O4. The first-order valence-electron chi connectivity index (χ1n) is 8.87. The number of H-pyrrole nitrogens is 1. The van der Waals surface area contributed by atoms with Crippen molar-refractivity contribution < 1.29 is 19.4 Å². The minimum atomic E-state index is -0.966. The van der Waals surface area contributed by atoms with Crippen LogP contribution < -0.4 is 10.1 Å². The van der Waals surface area contributed by atoms with Crippen LogP contribution in [0.5, 0.6) is 5.75 Å². The van der Waals surface area contributed by atoms with E-state index >= 15 is 0 Å². The summed E-state index contributed by atoms with van der Waals surface area (Å²) in [6.07, 6.45) is 2.45. The summed E-state index contributed by atoms with van der Waals surface area (Å²) in [5.41, 5.74) is 3.19. The molecule has 0 unspecified atom stereocenters. The van der Waals surface area contributed by atoms with Crippen molar-refractivity contribution >= 4 is 22.8 Å². The van der Waals surface area contributed by atoms with Crippen LogP contribution in [0, 0.1) is 0 Å². The number of rotatable bonds is 9. The molecule has 0 aliphatic carbocycles. The molecule has 0 radical (unpaired) electrons. The molecule has 0 saturated carbocycles. The average molecular weight is 366 g/mol. The minimum Gasteiger partial charge on any atom is -0.489 e. The molecule has 3 rings (SSSR count). The molecule has 27 heavy (non-hydrogen) atoms. The number of ether oxygens (including phenoxy) is 1. The average Bonchev–Trinajstić information content (AvgIpc) is 3.08. The maximum absolute atomic E-state index is 11.6. The number of carbonyl (C=O) groups excluding carboxylic acids is 1. The number of aromatic amines is 1. The molecule has 1 heterocycles. The fourth-order valence-corrected chi connectivity index (χ4v) is 2.85. The second-order valence-corrected chi connectivity index (χ2v) is 6.29. The highest BCUT2D eigenvalue weighted by Gasteiger charge is 2.08. The normalized spacial score (nSPS) is 10.7. The SMILES string of the molecule is O=C(O)CCC(=O)NCCc1c[nH]c2cc(OCc3ccccc3)ccc12. The maximum Gasteiger partial charge on any atom is 0.303 e. The summed E-state index contributed by atoms with van der Waals surface area (Å²) in [7, 11) is 0. The largest absolute Gasteiger partial charge is 0.489 e. The Kier molecular flexibility index (Phi) is 6.10. The van der Waals surface area contributed by atoms with Gasteiger partial charge in [0.25, 0.3) is 0 Å². The van der Waals surface area contributed by atoms with Gasteiger partial charge in [-0.15, -0.1) is 0 Å². The highest BCUT2D eigenvalue weighted by atomic mass is 16.5. The van der Waals surface area contributed by atoms with Crippen LogP contribution in [0.25, 0.3) is 10.9 Å². The standard InChI is InChI=1S/C21H22N2O4/c24-20(8-9-21(25)26)22-11-10-16-13-23-19-12-17(6-7-18(16)19)27-14-15-4-2-1-3-5-15/h1-7,12-13,23H,8-11,14H2,(H,22,24)(H,25,26). The summed E-state index contributed by atoms with van der Waals surface area (Å²) in [5.74, 6) is -0.414. The van der Waals surface area contributed by atoms with Crippen LogP contribution >= 0.6 is 0 Å². The summed E-state index contributed by atoms with van der Waals surface area (Å²) in [6, 6.07) is 15.9. The third-order valence-corrected chi connectivity index (χ3v) is 4.27. The summed E-state index contributed by atoms with van der Waals surface area (Å²) in [6.45, 7) is 0.986. The van der Waals surface area contributed by atoms with Crippen molar-refractivity contribution in [2.24, 2.45) is 0 Å². The van der Waals surface area contributed by atoms with Gasteiger partial charge in [0.1, 0.15) is 12.4 Å². The molecule has 0 spiro atoms. The number of carboxylic acids is 1. The van der Waals surface area contributed by atoms with Gasteiger partial charge >= 0.3 is 5.97 Å². The van der Waals surface area contributed by atoms with E-state index in [1.807, 2.05) is 54.7 Å². The molecule has 0 aliphatic heterocycles. The quantitative estimate of drug-likeness (QED) is 0.542. The summed E-state index contributed by atoms with van der Waals surface area (Å²) >= 11 is 0. The molecule has 1 aromatic heterocycles. The van der Waals surface area contributed by atoms with E-state index in [0.29, 0.717) is 19.6 Å². The van der Waals surface area contributed by atoms with Crippen molar-refractivity contribution in [3.8, 4) is 5.75 Å². The van der Waals surface area contributed by atoms with Gasteiger partial charge in [0.2, 0.25) is 5.91 Å². The van der Waals surface area contributed by atoms with E-state index in [1.165, 1.54) is 0 Å². The molecule has 0 atom stereocenters. The Morgan fingerprint density at radius 1 is 1.07 bits per heavy atom. The number of carboxylic acid groups (broad SMARTS) is 1. The molecule has 3 aromatic rings.